The van der Waals surface area contributed by atoms with Gasteiger partial charge in [0, 0.05) is 36.9 Å². The number of hydrogen-bond donors (Lipinski definition) is 2. The van der Waals surface area contributed by atoms with E-state index in [4.69, 9.17) is 21.3 Å². The normalized spacial score (nSPS) is 19.9. The summed E-state index contributed by atoms with van der Waals surface area (Å²) in [6.45, 7) is 8.76. The number of likely N-dealkylation sites (tertiary alicyclic amines) is 1. The number of rotatable bonds is 7. The molecule has 0 unspecified atom stereocenters. The summed E-state index contributed by atoms with van der Waals surface area (Å²) in [5.74, 6) is 0.907. The fourth-order valence-corrected chi connectivity index (χ4v) is 4.32. The van der Waals surface area contributed by atoms with Crippen LogP contribution in [-0.2, 0) is 11.2 Å². The largest absolute Gasteiger partial charge is 0.381 e. The zero-order valence-electron chi connectivity index (χ0n) is 16.9. The maximum absolute atomic E-state index is 6.08. The second-order valence-corrected chi connectivity index (χ2v) is 7.97. The molecule has 5 nitrogen and oxygen atoms in total. The molecule has 28 heavy (non-hydrogen) atoms. The number of ether oxygens (including phenoxy) is 1. The van der Waals surface area contributed by atoms with E-state index in [1.807, 2.05) is 18.2 Å². The molecule has 3 rings (SSSR count). The maximum atomic E-state index is 6.08. The third-order valence-corrected chi connectivity index (χ3v) is 5.91. The van der Waals surface area contributed by atoms with E-state index < -0.39 is 0 Å². The molecule has 2 aliphatic rings. The van der Waals surface area contributed by atoms with Crippen molar-refractivity contribution in [2.45, 2.75) is 44.6 Å². The van der Waals surface area contributed by atoms with Crippen molar-refractivity contribution >= 4 is 41.5 Å². The van der Waals surface area contributed by atoms with Crippen LogP contribution >= 0.6 is 35.6 Å². The molecule has 0 aromatic heterocycles. The van der Waals surface area contributed by atoms with Gasteiger partial charge in [-0.05, 0) is 69.8 Å². The highest BCUT2D eigenvalue weighted by atomic mass is 127. The lowest BCUT2D eigenvalue weighted by Gasteiger charge is -2.43. The van der Waals surface area contributed by atoms with Crippen molar-refractivity contribution in [3.63, 3.8) is 0 Å². The van der Waals surface area contributed by atoms with Gasteiger partial charge in [0.1, 0.15) is 0 Å². The predicted molar refractivity (Wildman–Crippen MR) is 128 cm³/mol. The molecule has 0 spiro atoms. The molecule has 7 heteroatoms. The van der Waals surface area contributed by atoms with Crippen LogP contribution < -0.4 is 10.6 Å². The highest BCUT2D eigenvalue weighted by Crippen LogP contribution is 2.31. The molecule has 0 aliphatic carbocycles. The van der Waals surface area contributed by atoms with E-state index in [1.54, 1.807) is 0 Å². The molecule has 0 bridgehead atoms. The summed E-state index contributed by atoms with van der Waals surface area (Å²) >= 11 is 6.08. The second-order valence-electron chi connectivity index (χ2n) is 7.53. The van der Waals surface area contributed by atoms with E-state index >= 15 is 0 Å². The monoisotopic (exact) mass is 520 g/mol. The third-order valence-electron chi connectivity index (χ3n) is 5.67. The molecular formula is C21H34ClIN4O. The first kappa shape index (κ1) is 23.7. The highest BCUT2D eigenvalue weighted by molar-refractivity contribution is 14.0. The zero-order valence-corrected chi connectivity index (χ0v) is 20.0. The average Bonchev–Trinajstić information content (AvgIpc) is 3.22. The Balaban J connectivity index is 0.00000280. The van der Waals surface area contributed by atoms with Gasteiger partial charge >= 0.3 is 0 Å². The lowest BCUT2D eigenvalue weighted by Crippen LogP contribution is -2.54. The van der Waals surface area contributed by atoms with Gasteiger partial charge in [0.2, 0.25) is 0 Å². The van der Waals surface area contributed by atoms with Gasteiger partial charge in [-0.3, -0.25) is 9.89 Å². The Hall–Kier alpha value is -0.570. The average molecular weight is 521 g/mol. The molecule has 2 heterocycles. The smallest absolute Gasteiger partial charge is 0.191 e. The quantitative estimate of drug-likeness (QED) is 0.327. The van der Waals surface area contributed by atoms with E-state index in [-0.39, 0.29) is 29.5 Å². The van der Waals surface area contributed by atoms with Gasteiger partial charge in [0.15, 0.2) is 5.96 Å². The first-order valence-corrected chi connectivity index (χ1v) is 10.7. The van der Waals surface area contributed by atoms with Gasteiger partial charge in [0.05, 0.1) is 6.54 Å². The number of guanidine groups is 1. The molecule has 0 saturated carbocycles. The standard InChI is InChI=1S/C21H33ClN4O.HI/c1-2-23-20(24-11-8-18-6-5-7-19(22)16-18)25-17-21(9-14-27-15-10-21)26-12-3-4-13-26;/h5-7,16H,2-4,8-15,17H2,1H3,(H2,23,24,25);1H. The van der Waals surface area contributed by atoms with Crippen LogP contribution in [0, 0.1) is 0 Å². The van der Waals surface area contributed by atoms with Crippen LogP contribution in [0.2, 0.25) is 5.02 Å². The first-order valence-electron chi connectivity index (χ1n) is 10.3. The van der Waals surface area contributed by atoms with Crippen molar-refractivity contribution in [3.8, 4) is 0 Å². The molecule has 2 saturated heterocycles. The molecule has 1 aromatic rings. The zero-order chi connectivity index (χ0) is 19.0. The minimum atomic E-state index is 0. The van der Waals surface area contributed by atoms with Crippen LogP contribution in [0.15, 0.2) is 29.3 Å². The minimum Gasteiger partial charge on any atom is -0.381 e. The molecule has 0 atom stereocenters. The minimum absolute atomic E-state index is 0. The first-order chi connectivity index (χ1) is 13.2. The Labute approximate surface area is 191 Å². The van der Waals surface area contributed by atoms with Crippen LogP contribution in [0.3, 0.4) is 0 Å². The summed E-state index contributed by atoms with van der Waals surface area (Å²) in [6.07, 6.45) is 5.71. The van der Waals surface area contributed by atoms with E-state index in [0.29, 0.717) is 0 Å². The highest BCUT2D eigenvalue weighted by Gasteiger charge is 2.39. The fourth-order valence-electron chi connectivity index (χ4n) is 4.10. The summed E-state index contributed by atoms with van der Waals surface area (Å²) < 4.78 is 5.64. The molecule has 2 fully saturated rings. The van der Waals surface area contributed by atoms with E-state index in [2.05, 4.69) is 28.5 Å². The van der Waals surface area contributed by atoms with Gasteiger partial charge in [-0.25, -0.2) is 0 Å². The van der Waals surface area contributed by atoms with Crippen molar-refractivity contribution in [2.75, 3.05) is 45.9 Å². The number of halogens is 2. The third kappa shape index (κ3) is 6.75. The molecular weight excluding hydrogens is 487 g/mol. The second kappa shape index (κ2) is 12.2. The number of benzene rings is 1. The number of nitrogens with one attached hydrogen (secondary N) is 2. The number of hydrogen-bond acceptors (Lipinski definition) is 3. The summed E-state index contributed by atoms with van der Waals surface area (Å²) in [4.78, 5) is 7.64. The predicted octanol–water partition coefficient (Wildman–Crippen LogP) is 3.70. The molecule has 0 radical (unpaired) electrons. The van der Waals surface area contributed by atoms with Crippen molar-refractivity contribution in [1.29, 1.82) is 0 Å². The Kier molecular flexibility index (Phi) is 10.3. The van der Waals surface area contributed by atoms with Gasteiger partial charge in [-0.15, -0.1) is 24.0 Å². The topological polar surface area (TPSA) is 48.9 Å². The maximum Gasteiger partial charge on any atom is 0.191 e. The van der Waals surface area contributed by atoms with Gasteiger partial charge in [-0.2, -0.15) is 0 Å². The Bertz CT molecular complexity index is 616. The Morgan fingerprint density at radius 2 is 1.96 bits per heavy atom. The summed E-state index contributed by atoms with van der Waals surface area (Å²) in [5.41, 5.74) is 1.41. The van der Waals surface area contributed by atoms with Crippen LogP contribution in [0.1, 0.15) is 38.2 Å². The van der Waals surface area contributed by atoms with E-state index in [1.165, 1.54) is 31.5 Å². The van der Waals surface area contributed by atoms with Crippen molar-refractivity contribution < 1.29 is 4.74 Å². The lowest BCUT2D eigenvalue weighted by molar-refractivity contribution is -0.0139. The Morgan fingerprint density at radius 3 is 2.64 bits per heavy atom. The Morgan fingerprint density at radius 1 is 1.21 bits per heavy atom. The van der Waals surface area contributed by atoms with Gasteiger partial charge in [0.25, 0.3) is 0 Å². The van der Waals surface area contributed by atoms with E-state index in [0.717, 1.165) is 63.1 Å². The number of nitrogens with zero attached hydrogens (tertiary/aromatic N) is 2. The fraction of sp³-hybridized carbons (Fsp3) is 0.667. The summed E-state index contributed by atoms with van der Waals surface area (Å²) in [6, 6.07) is 8.05. The van der Waals surface area contributed by atoms with Crippen LogP contribution in [0.4, 0.5) is 0 Å². The summed E-state index contributed by atoms with van der Waals surface area (Å²) in [5, 5.41) is 7.66. The van der Waals surface area contributed by atoms with Gasteiger partial charge in [-0.1, -0.05) is 23.7 Å². The number of aliphatic imine (C=N–C) groups is 1. The van der Waals surface area contributed by atoms with Crippen molar-refractivity contribution in [1.82, 2.24) is 15.5 Å². The lowest BCUT2D eigenvalue weighted by atomic mass is 9.88. The van der Waals surface area contributed by atoms with Crippen molar-refractivity contribution in [3.05, 3.63) is 34.9 Å². The molecule has 1 aromatic carbocycles. The van der Waals surface area contributed by atoms with Crippen LogP contribution in [0.5, 0.6) is 0 Å². The van der Waals surface area contributed by atoms with Crippen molar-refractivity contribution in [2.24, 2.45) is 4.99 Å². The molecule has 2 aliphatic heterocycles. The van der Waals surface area contributed by atoms with E-state index in [9.17, 15) is 0 Å². The van der Waals surface area contributed by atoms with Crippen LogP contribution in [-0.4, -0.2) is 62.3 Å². The van der Waals surface area contributed by atoms with Gasteiger partial charge < -0.3 is 15.4 Å². The molecule has 158 valence electrons. The SMILES string of the molecule is CCNC(=NCC1(N2CCCC2)CCOCC1)NCCc1cccc(Cl)c1.I. The van der Waals surface area contributed by atoms with Crippen LogP contribution in [0.25, 0.3) is 0 Å². The summed E-state index contributed by atoms with van der Waals surface area (Å²) in [7, 11) is 0. The molecule has 2 N–H and O–H groups in total. The molecule has 0 amide bonds.